The maximum Gasteiger partial charge on any atom is 0.122 e. The molecule has 2 unspecified atom stereocenters. The Morgan fingerprint density at radius 2 is 1.95 bits per heavy atom. The Morgan fingerprint density at radius 3 is 2.67 bits per heavy atom. The van der Waals surface area contributed by atoms with Gasteiger partial charge in [0, 0.05) is 17.5 Å². The number of ether oxygens (including phenoxy) is 2. The van der Waals surface area contributed by atoms with Gasteiger partial charge in [0.2, 0.25) is 0 Å². The predicted octanol–water partition coefficient (Wildman–Crippen LogP) is 3.52. The first kappa shape index (κ1) is 14.0. The summed E-state index contributed by atoms with van der Waals surface area (Å²) in [6, 6.07) is 16.9. The highest BCUT2D eigenvalue weighted by Crippen LogP contribution is 2.41. The number of benzene rings is 2. The highest BCUT2D eigenvalue weighted by Gasteiger charge is 2.31. The van der Waals surface area contributed by atoms with Gasteiger partial charge in [0.15, 0.2) is 0 Å². The van der Waals surface area contributed by atoms with Crippen molar-refractivity contribution >= 4 is 0 Å². The third-order valence-corrected chi connectivity index (χ3v) is 4.04. The monoisotopic (exact) mass is 283 g/mol. The maximum absolute atomic E-state index is 5.84. The Kier molecular flexibility index (Phi) is 4.11. The number of hydrogen-bond acceptors (Lipinski definition) is 3. The van der Waals surface area contributed by atoms with E-state index in [1.165, 1.54) is 11.1 Å². The first-order chi connectivity index (χ1) is 10.3. The van der Waals surface area contributed by atoms with Gasteiger partial charge in [-0.1, -0.05) is 37.3 Å². The van der Waals surface area contributed by atoms with Gasteiger partial charge in [0.05, 0.1) is 13.7 Å². The Morgan fingerprint density at radius 1 is 1.19 bits per heavy atom. The normalized spacial score (nSPS) is 17.9. The fourth-order valence-corrected chi connectivity index (χ4v) is 2.99. The van der Waals surface area contributed by atoms with Gasteiger partial charge in [-0.25, -0.2) is 0 Å². The Hall–Kier alpha value is -2.00. The third-order valence-electron chi connectivity index (χ3n) is 4.04. The highest BCUT2D eigenvalue weighted by atomic mass is 16.5. The van der Waals surface area contributed by atoms with Crippen LogP contribution in [-0.2, 0) is 0 Å². The number of fused-ring (bicyclic) bond motifs is 1. The van der Waals surface area contributed by atoms with E-state index in [2.05, 4.69) is 36.5 Å². The minimum Gasteiger partial charge on any atom is -0.497 e. The van der Waals surface area contributed by atoms with Crippen LogP contribution < -0.4 is 14.8 Å². The molecule has 3 nitrogen and oxygen atoms in total. The van der Waals surface area contributed by atoms with E-state index < -0.39 is 0 Å². The molecule has 0 amide bonds. The average molecular weight is 283 g/mol. The van der Waals surface area contributed by atoms with E-state index in [0.717, 1.165) is 24.7 Å². The second-order valence-electron chi connectivity index (χ2n) is 5.26. The molecule has 2 aromatic rings. The molecule has 1 N–H and O–H groups in total. The van der Waals surface area contributed by atoms with E-state index in [1.54, 1.807) is 7.11 Å². The van der Waals surface area contributed by atoms with Crippen molar-refractivity contribution in [2.45, 2.75) is 18.9 Å². The molecule has 1 heterocycles. The molecule has 0 spiro atoms. The molecule has 3 rings (SSSR count). The summed E-state index contributed by atoms with van der Waals surface area (Å²) in [5.74, 6) is 2.24. The molecule has 0 radical (unpaired) electrons. The summed E-state index contributed by atoms with van der Waals surface area (Å²) in [6.07, 6.45) is 0. The fourth-order valence-electron chi connectivity index (χ4n) is 2.99. The molecule has 0 saturated carbocycles. The molecular weight excluding hydrogens is 262 g/mol. The SMILES string of the molecule is CCNC(c1ccc(OC)cc1)C1COc2ccccc21. The third kappa shape index (κ3) is 2.74. The van der Waals surface area contributed by atoms with Crippen LogP contribution in [0.2, 0.25) is 0 Å². The molecule has 1 aliphatic heterocycles. The topological polar surface area (TPSA) is 30.5 Å². The second-order valence-corrected chi connectivity index (χ2v) is 5.26. The first-order valence-electron chi connectivity index (χ1n) is 7.42. The van der Waals surface area contributed by atoms with Crippen molar-refractivity contribution in [2.75, 3.05) is 20.3 Å². The molecule has 0 aromatic heterocycles. The van der Waals surface area contributed by atoms with Crippen LogP contribution >= 0.6 is 0 Å². The van der Waals surface area contributed by atoms with E-state index in [4.69, 9.17) is 9.47 Å². The van der Waals surface area contributed by atoms with E-state index in [0.29, 0.717) is 5.92 Å². The van der Waals surface area contributed by atoms with Crippen molar-refractivity contribution in [3.63, 3.8) is 0 Å². The van der Waals surface area contributed by atoms with Gasteiger partial charge in [-0.2, -0.15) is 0 Å². The van der Waals surface area contributed by atoms with Gasteiger partial charge in [0.25, 0.3) is 0 Å². The van der Waals surface area contributed by atoms with Crippen molar-refractivity contribution in [1.82, 2.24) is 5.32 Å². The largest absolute Gasteiger partial charge is 0.497 e. The van der Waals surface area contributed by atoms with Crippen LogP contribution in [0.3, 0.4) is 0 Å². The first-order valence-corrected chi connectivity index (χ1v) is 7.42. The smallest absolute Gasteiger partial charge is 0.122 e. The molecule has 0 bridgehead atoms. The van der Waals surface area contributed by atoms with Crippen LogP contribution in [0.25, 0.3) is 0 Å². The zero-order valence-electron chi connectivity index (χ0n) is 12.5. The molecular formula is C18H21NO2. The molecule has 2 aromatic carbocycles. The Bertz CT molecular complexity index is 594. The second kappa shape index (κ2) is 6.19. The van der Waals surface area contributed by atoms with E-state index in [-0.39, 0.29) is 6.04 Å². The van der Waals surface area contributed by atoms with Crippen LogP contribution in [0.1, 0.15) is 30.0 Å². The molecule has 21 heavy (non-hydrogen) atoms. The molecule has 0 saturated heterocycles. The van der Waals surface area contributed by atoms with E-state index in [9.17, 15) is 0 Å². The van der Waals surface area contributed by atoms with Crippen molar-refractivity contribution in [2.24, 2.45) is 0 Å². The lowest BCUT2D eigenvalue weighted by atomic mass is 9.88. The number of likely N-dealkylation sites (N-methyl/N-ethyl adjacent to an activating group) is 1. The maximum atomic E-state index is 5.84. The van der Waals surface area contributed by atoms with Crippen LogP contribution in [0.15, 0.2) is 48.5 Å². The number of rotatable bonds is 5. The quantitative estimate of drug-likeness (QED) is 0.910. The van der Waals surface area contributed by atoms with Gasteiger partial charge in [0.1, 0.15) is 11.5 Å². The van der Waals surface area contributed by atoms with Crippen LogP contribution in [0, 0.1) is 0 Å². The number of methoxy groups -OCH3 is 1. The average Bonchev–Trinajstić information content (AvgIpc) is 2.97. The molecule has 0 aliphatic carbocycles. The minimum atomic E-state index is 0.254. The van der Waals surface area contributed by atoms with E-state index in [1.807, 2.05) is 24.3 Å². The van der Waals surface area contributed by atoms with Crippen LogP contribution in [-0.4, -0.2) is 20.3 Å². The lowest BCUT2D eigenvalue weighted by molar-refractivity contribution is 0.301. The molecule has 3 heteroatoms. The standard InChI is InChI=1S/C18H21NO2/c1-3-19-18(13-8-10-14(20-2)11-9-13)16-12-21-17-7-5-4-6-15(16)17/h4-11,16,18-19H,3,12H2,1-2H3. The van der Waals surface area contributed by atoms with Crippen LogP contribution in [0.5, 0.6) is 11.5 Å². The molecule has 1 aliphatic rings. The Labute approximate surface area is 125 Å². The van der Waals surface area contributed by atoms with E-state index >= 15 is 0 Å². The van der Waals surface area contributed by atoms with Crippen molar-refractivity contribution in [3.8, 4) is 11.5 Å². The van der Waals surface area contributed by atoms with Crippen molar-refractivity contribution < 1.29 is 9.47 Å². The van der Waals surface area contributed by atoms with Crippen molar-refractivity contribution in [1.29, 1.82) is 0 Å². The number of para-hydroxylation sites is 1. The van der Waals surface area contributed by atoms with Gasteiger partial charge in [-0.15, -0.1) is 0 Å². The summed E-state index contributed by atoms with van der Waals surface area (Å²) in [6.45, 7) is 3.79. The summed E-state index contributed by atoms with van der Waals surface area (Å²) >= 11 is 0. The lowest BCUT2D eigenvalue weighted by Gasteiger charge is -2.24. The summed E-state index contributed by atoms with van der Waals surface area (Å²) < 4.78 is 11.1. The molecule has 2 atom stereocenters. The Balaban J connectivity index is 1.91. The van der Waals surface area contributed by atoms with Gasteiger partial charge in [-0.05, 0) is 30.3 Å². The number of nitrogens with one attached hydrogen (secondary N) is 1. The fraction of sp³-hybridized carbons (Fsp3) is 0.333. The summed E-state index contributed by atoms with van der Waals surface area (Å²) in [7, 11) is 1.69. The van der Waals surface area contributed by atoms with Gasteiger partial charge < -0.3 is 14.8 Å². The zero-order chi connectivity index (χ0) is 14.7. The lowest BCUT2D eigenvalue weighted by Crippen LogP contribution is -2.27. The van der Waals surface area contributed by atoms with Gasteiger partial charge >= 0.3 is 0 Å². The highest BCUT2D eigenvalue weighted by molar-refractivity contribution is 5.42. The minimum absolute atomic E-state index is 0.254. The summed E-state index contributed by atoms with van der Waals surface area (Å²) in [5.41, 5.74) is 2.56. The summed E-state index contributed by atoms with van der Waals surface area (Å²) in [5, 5.41) is 3.60. The zero-order valence-corrected chi connectivity index (χ0v) is 12.5. The molecule has 0 fully saturated rings. The predicted molar refractivity (Wildman–Crippen MR) is 84.1 cm³/mol. The summed E-state index contributed by atoms with van der Waals surface area (Å²) in [4.78, 5) is 0. The number of hydrogen-bond donors (Lipinski definition) is 1. The van der Waals surface area contributed by atoms with Gasteiger partial charge in [-0.3, -0.25) is 0 Å². The van der Waals surface area contributed by atoms with Crippen molar-refractivity contribution in [3.05, 3.63) is 59.7 Å². The van der Waals surface area contributed by atoms with Crippen LogP contribution in [0.4, 0.5) is 0 Å². The molecule has 110 valence electrons.